The number of hydrogen-bond donors (Lipinski definition) is 1. The fourth-order valence-electron chi connectivity index (χ4n) is 3.83. The van der Waals surface area contributed by atoms with Gasteiger partial charge in [0, 0.05) is 30.5 Å². The highest BCUT2D eigenvalue weighted by atomic mass is 16.1. The number of pyridine rings is 1. The number of carbonyl (C=O) groups excluding carboxylic acids is 1. The van der Waals surface area contributed by atoms with E-state index in [-0.39, 0.29) is 5.91 Å². The number of fused-ring (bicyclic) bond motifs is 1. The topological polar surface area (TPSA) is 90.5 Å². The minimum atomic E-state index is -0.107. The first-order valence-electron chi connectivity index (χ1n) is 10.1. The molecule has 30 heavy (non-hydrogen) atoms. The van der Waals surface area contributed by atoms with Crippen LogP contribution in [0.5, 0.6) is 0 Å². The molecule has 1 aromatic carbocycles. The second kappa shape index (κ2) is 8.06. The third-order valence-electron chi connectivity index (χ3n) is 5.48. The maximum Gasteiger partial charge on any atom is 0.251 e. The molecule has 8 nitrogen and oxygen atoms in total. The van der Waals surface area contributed by atoms with Crippen LogP contribution in [0.2, 0.25) is 0 Å². The average Bonchev–Trinajstić information content (AvgIpc) is 3.29. The number of carbonyl (C=O) groups is 1. The van der Waals surface area contributed by atoms with Gasteiger partial charge in [0.05, 0.1) is 11.4 Å². The molecular formula is C22H25N7O. The van der Waals surface area contributed by atoms with Crippen LogP contribution >= 0.6 is 0 Å². The smallest absolute Gasteiger partial charge is 0.251 e. The van der Waals surface area contributed by atoms with E-state index in [2.05, 4.69) is 39.6 Å². The first-order chi connectivity index (χ1) is 14.5. The van der Waals surface area contributed by atoms with Gasteiger partial charge in [-0.2, -0.15) is 9.78 Å². The van der Waals surface area contributed by atoms with E-state index in [0.717, 1.165) is 35.6 Å². The number of benzene rings is 1. The molecule has 0 saturated carbocycles. The second-order valence-corrected chi connectivity index (χ2v) is 7.27. The summed E-state index contributed by atoms with van der Waals surface area (Å²) in [5.74, 6) is -0.107. The van der Waals surface area contributed by atoms with E-state index >= 15 is 0 Å². The van der Waals surface area contributed by atoms with Crippen molar-refractivity contribution in [3.63, 3.8) is 0 Å². The monoisotopic (exact) mass is 403 g/mol. The molecule has 4 aromatic rings. The lowest BCUT2D eigenvalue weighted by Crippen LogP contribution is -2.27. The van der Waals surface area contributed by atoms with E-state index in [1.54, 1.807) is 10.9 Å². The summed E-state index contributed by atoms with van der Waals surface area (Å²) in [5.41, 5.74) is 6.99. The molecule has 0 saturated heterocycles. The van der Waals surface area contributed by atoms with Crippen molar-refractivity contribution in [2.24, 2.45) is 0 Å². The quantitative estimate of drug-likeness (QED) is 0.535. The molecule has 3 aromatic heterocycles. The molecule has 0 atom stereocenters. The number of aromatic nitrogens is 6. The van der Waals surface area contributed by atoms with Gasteiger partial charge >= 0.3 is 0 Å². The predicted octanol–water partition coefficient (Wildman–Crippen LogP) is 2.93. The Bertz CT molecular complexity index is 1220. The minimum Gasteiger partial charge on any atom is -0.352 e. The van der Waals surface area contributed by atoms with E-state index in [1.807, 2.05) is 48.9 Å². The van der Waals surface area contributed by atoms with E-state index in [0.29, 0.717) is 23.3 Å². The summed E-state index contributed by atoms with van der Waals surface area (Å²) >= 11 is 0. The van der Waals surface area contributed by atoms with Gasteiger partial charge in [-0.3, -0.25) is 9.48 Å². The van der Waals surface area contributed by atoms with Crippen molar-refractivity contribution in [1.82, 2.24) is 35.1 Å². The Morgan fingerprint density at radius 2 is 1.97 bits per heavy atom. The molecule has 4 rings (SSSR count). The second-order valence-electron chi connectivity index (χ2n) is 7.27. The lowest BCUT2D eigenvalue weighted by atomic mass is 10.1. The lowest BCUT2D eigenvalue weighted by molar-refractivity contribution is 0.0953. The minimum absolute atomic E-state index is 0.107. The summed E-state index contributed by atoms with van der Waals surface area (Å²) in [6.07, 6.45) is 2.46. The van der Waals surface area contributed by atoms with Crippen LogP contribution in [0, 0.1) is 20.8 Å². The number of amides is 1. The van der Waals surface area contributed by atoms with Crippen LogP contribution in [0.25, 0.3) is 16.9 Å². The molecule has 0 fully saturated rings. The van der Waals surface area contributed by atoms with Gasteiger partial charge in [0.25, 0.3) is 5.91 Å². The van der Waals surface area contributed by atoms with Crippen LogP contribution in [0.1, 0.15) is 39.8 Å². The lowest BCUT2D eigenvalue weighted by Gasteiger charge is -2.12. The molecular weight excluding hydrogens is 378 g/mol. The van der Waals surface area contributed by atoms with Gasteiger partial charge in [-0.1, -0.05) is 11.3 Å². The Hall–Kier alpha value is -3.55. The highest BCUT2D eigenvalue weighted by molar-refractivity contribution is 5.96. The molecule has 0 unspecified atom stereocenters. The Labute approximate surface area is 174 Å². The van der Waals surface area contributed by atoms with E-state index < -0.39 is 0 Å². The van der Waals surface area contributed by atoms with Gasteiger partial charge in [-0.25, -0.2) is 4.98 Å². The van der Waals surface area contributed by atoms with Crippen molar-refractivity contribution in [2.45, 2.75) is 40.7 Å². The summed E-state index contributed by atoms with van der Waals surface area (Å²) in [5, 5.41) is 16.0. The van der Waals surface area contributed by atoms with Gasteiger partial charge < -0.3 is 5.32 Å². The molecule has 0 radical (unpaired) electrons. The number of rotatable bonds is 6. The molecule has 0 aliphatic rings. The first-order valence-corrected chi connectivity index (χ1v) is 10.1. The van der Waals surface area contributed by atoms with Crippen LogP contribution in [-0.2, 0) is 13.0 Å². The number of nitrogens with zero attached hydrogens (tertiary/aromatic N) is 6. The fourth-order valence-corrected chi connectivity index (χ4v) is 3.83. The molecule has 0 spiro atoms. The predicted molar refractivity (Wildman–Crippen MR) is 115 cm³/mol. The maximum atomic E-state index is 12.9. The number of nitrogens with one attached hydrogen (secondary N) is 1. The highest BCUT2D eigenvalue weighted by Crippen LogP contribution is 2.21. The molecule has 3 heterocycles. The molecule has 154 valence electrons. The van der Waals surface area contributed by atoms with Crippen LogP contribution in [0.4, 0.5) is 0 Å². The van der Waals surface area contributed by atoms with Crippen molar-refractivity contribution >= 4 is 17.1 Å². The number of hydrogen-bond acceptors (Lipinski definition) is 5. The van der Waals surface area contributed by atoms with Gasteiger partial charge in [-0.15, -0.1) is 5.10 Å². The Balaban J connectivity index is 1.53. The number of aryl methyl sites for hydroxylation is 2. The normalized spacial score (nSPS) is 11.2. The first kappa shape index (κ1) is 19.8. The van der Waals surface area contributed by atoms with Gasteiger partial charge in [0.15, 0.2) is 5.65 Å². The summed E-state index contributed by atoms with van der Waals surface area (Å²) in [4.78, 5) is 17.3. The van der Waals surface area contributed by atoms with Crippen molar-refractivity contribution in [1.29, 1.82) is 0 Å². The summed E-state index contributed by atoms with van der Waals surface area (Å²) in [6.45, 7) is 9.48. The summed E-state index contributed by atoms with van der Waals surface area (Å²) in [7, 11) is 0. The third-order valence-corrected chi connectivity index (χ3v) is 5.48. The van der Waals surface area contributed by atoms with Gasteiger partial charge in [-0.05, 0) is 69.5 Å². The Kier molecular flexibility index (Phi) is 5.31. The van der Waals surface area contributed by atoms with Crippen LogP contribution in [-0.4, -0.2) is 42.2 Å². The SMILES string of the molecule is CCn1nc(C)c(CCNC(=O)c2cccc(-n3nnc4cccnc43)c2C)c1C. The average molecular weight is 403 g/mol. The van der Waals surface area contributed by atoms with Crippen LogP contribution in [0.15, 0.2) is 36.5 Å². The third kappa shape index (κ3) is 3.45. The molecule has 1 N–H and O–H groups in total. The standard InChI is InChI=1S/C22H25N7O/c1-5-28-16(4)18(15(3)26-28)11-13-24-22(30)17-8-6-10-20(14(17)2)29-21-19(25-27-29)9-7-12-23-21/h6-10,12H,5,11,13H2,1-4H3,(H,24,30). The summed E-state index contributed by atoms with van der Waals surface area (Å²) < 4.78 is 3.67. The zero-order valence-corrected chi connectivity index (χ0v) is 17.7. The Morgan fingerprint density at radius 3 is 2.73 bits per heavy atom. The van der Waals surface area contributed by atoms with E-state index in [4.69, 9.17) is 0 Å². The zero-order chi connectivity index (χ0) is 21.3. The summed E-state index contributed by atoms with van der Waals surface area (Å²) in [6, 6.07) is 9.29. The molecule has 0 bridgehead atoms. The fraction of sp³-hybridized carbons (Fsp3) is 0.318. The van der Waals surface area contributed by atoms with Crippen molar-refractivity contribution in [2.75, 3.05) is 6.54 Å². The molecule has 0 aliphatic carbocycles. The zero-order valence-electron chi connectivity index (χ0n) is 17.7. The highest BCUT2D eigenvalue weighted by Gasteiger charge is 2.16. The van der Waals surface area contributed by atoms with E-state index in [1.165, 1.54) is 5.56 Å². The maximum absolute atomic E-state index is 12.9. The molecule has 0 aliphatic heterocycles. The van der Waals surface area contributed by atoms with Gasteiger partial charge in [0.1, 0.15) is 5.52 Å². The largest absolute Gasteiger partial charge is 0.352 e. The van der Waals surface area contributed by atoms with Crippen molar-refractivity contribution in [3.05, 3.63) is 64.6 Å². The van der Waals surface area contributed by atoms with Crippen molar-refractivity contribution < 1.29 is 4.79 Å². The Morgan fingerprint density at radius 1 is 1.13 bits per heavy atom. The molecule has 8 heteroatoms. The van der Waals surface area contributed by atoms with E-state index in [9.17, 15) is 4.79 Å². The van der Waals surface area contributed by atoms with Crippen LogP contribution in [0.3, 0.4) is 0 Å². The van der Waals surface area contributed by atoms with Gasteiger partial charge in [0.2, 0.25) is 0 Å². The van der Waals surface area contributed by atoms with Crippen molar-refractivity contribution in [3.8, 4) is 5.69 Å². The van der Waals surface area contributed by atoms with Crippen LogP contribution < -0.4 is 5.32 Å². The molecule has 1 amide bonds.